The Bertz CT molecular complexity index is 2580. The van der Waals surface area contributed by atoms with Crippen LogP contribution in [0, 0.1) is 5.92 Å². The lowest BCUT2D eigenvalue weighted by molar-refractivity contribution is -0.127. The smallest absolute Gasteiger partial charge is 0.273 e. The van der Waals surface area contributed by atoms with Crippen LogP contribution in [-0.2, 0) is 14.3 Å². The molecule has 9 N–H and O–H groups in total. The number of nitrogens with zero attached hydrogens (tertiary/aromatic N) is 11. The molecule has 2 aromatic carbocycles. The summed E-state index contributed by atoms with van der Waals surface area (Å²) in [6, 6.07) is 14.7. The summed E-state index contributed by atoms with van der Waals surface area (Å²) in [5, 5.41) is 25.8. The van der Waals surface area contributed by atoms with Gasteiger partial charge in [0, 0.05) is 98.9 Å². The molecule has 2 aromatic heterocycles. The summed E-state index contributed by atoms with van der Waals surface area (Å²) in [6.07, 6.45) is 8.06. The van der Waals surface area contributed by atoms with Crippen molar-refractivity contribution in [2.24, 2.45) is 23.1 Å². The zero-order chi connectivity index (χ0) is 50.8. The number of likely N-dealkylation sites (tertiary alicyclic amines) is 1. The van der Waals surface area contributed by atoms with E-state index in [0.29, 0.717) is 107 Å². The fourth-order valence-corrected chi connectivity index (χ4v) is 9.73. The lowest BCUT2D eigenvalue weighted by atomic mass is 9.94. The van der Waals surface area contributed by atoms with Crippen LogP contribution < -0.4 is 43.0 Å². The van der Waals surface area contributed by atoms with Gasteiger partial charge in [0.1, 0.15) is 0 Å². The minimum Gasteiger partial charge on any atom is -0.378 e. The van der Waals surface area contributed by atoms with Crippen LogP contribution in [0.4, 0.5) is 34.9 Å². The van der Waals surface area contributed by atoms with Crippen molar-refractivity contribution in [3.8, 4) is 0 Å². The van der Waals surface area contributed by atoms with Crippen molar-refractivity contribution < 1.29 is 33.4 Å². The standard InChI is InChI=1S/C29H39N9O4.C20H26N8O3/c30-25(39)24-26(31-21-5-3-20(4-6-21)28(41)37-14-16-42-17-15-37)33-29(35-34-24)38-11-1-2-22(18-38)32-27(40)19-9-12-36(13-10-19)23-7-8-23;21-14-2-1-7-28(12-14)20-24-18(16(17(22)29)25-26-20)23-15-5-3-13(4-6-15)19(30)27-8-10-31-11-9-27/h3-6,19,22-23H,1-2,7-18H2,(H2,30,39)(H,32,40)(H,31,33,35);3-6,14H,1-2,7-12,21H2,(H2,22,29)(H,23,24,26)/t22-;14-/m11/s1. The van der Waals surface area contributed by atoms with E-state index in [-0.39, 0.29) is 58.7 Å². The van der Waals surface area contributed by atoms with E-state index >= 15 is 0 Å². The van der Waals surface area contributed by atoms with Gasteiger partial charge in [-0.3, -0.25) is 24.0 Å². The average molecular weight is 1000 g/mol. The summed E-state index contributed by atoms with van der Waals surface area (Å²) in [4.78, 5) is 81.4. The second-order valence-corrected chi connectivity index (χ2v) is 19.2. The zero-order valence-corrected chi connectivity index (χ0v) is 41.0. The van der Waals surface area contributed by atoms with Crippen LogP contribution in [0.15, 0.2) is 48.5 Å². The Morgan fingerprint density at radius 2 is 1.01 bits per heavy atom. The number of hydrogen-bond acceptors (Lipinski definition) is 19. The lowest BCUT2D eigenvalue weighted by Crippen LogP contribution is -2.51. The summed E-state index contributed by atoms with van der Waals surface area (Å²) >= 11 is 0. The van der Waals surface area contributed by atoms with E-state index in [9.17, 15) is 24.0 Å². The number of amides is 5. The van der Waals surface area contributed by atoms with Gasteiger partial charge in [0.05, 0.1) is 26.4 Å². The maximum atomic E-state index is 13.1. The molecule has 388 valence electrons. The molecule has 73 heavy (non-hydrogen) atoms. The molecule has 10 rings (SSSR count). The van der Waals surface area contributed by atoms with Gasteiger partial charge in [-0.1, -0.05) is 0 Å². The van der Waals surface area contributed by atoms with Gasteiger partial charge in [-0.2, -0.15) is 9.97 Å². The third-order valence-electron chi connectivity index (χ3n) is 14.0. The van der Waals surface area contributed by atoms with E-state index in [1.54, 1.807) is 58.3 Å². The van der Waals surface area contributed by atoms with E-state index in [1.165, 1.54) is 12.8 Å². The number of primary amides is 2. The number of anilines is 6. The predicted molar refractivity (Wildman–Crippen MR) is 270 cm³/mol. The highest BCUT2D eigenvalue weighted by molar-refractivity contribution is 5.98. The number of rotatable bonds is 13. The zero-order valence-electron chi connectivity index (χ0n) is 41.0. The Labute approximate surface area is 423 Å². The number of hydrogen-bond donors (Lipinski definition) is 6. The first kappa shape index (κ1) is 50.8. The Hall–Kier alpha value is -7.15. The molecule has 0 spiro atoms. The molecule has 0 unspecified atom stereocenters. The first-order valence-corrected chi connectivity index (χ1v) is 25.3. The molecular formula is C49H65N17O7. The molecule has 0 bridgehead atoms. The number of carbonyl (C=O) groups is 5. The number of aromatic nitrogens is 6. The number of piperidine rings is 3. The molecule has 24 heteroatoms. The second-order valence-electron chi connectivity index (χ2n) is 19.2. The van der Waals surface area contributed by atoms with Gasteiger partial charge in [-0.15, -0.1) is 20.4 Å². The fraction of sp³-hybridized carbons (Fsp3) is 0.531. The number of carbonyl (C=O) groups excluding carboxylic acids is 5. The topological polar surface area (TPSA) is 311 Å². The molecule has 7 heterocycles. The largest absolute Gasteiger partial charge is 0.378 e. The summed E-state index contributed by atoms with van der Waals surface area (Å²) in [6.45, 7) is 9.13. The minimum atomic E-state index is -0.750. The van der Waals surface area contributed by atoms with Gasteiger partial charge in [-0.25, -0.2) is 0 Å². The van der Waals surface area contributed by atoms with Crippen molar-refractivity contribution >= 4 is 64.4 Å². The second kappa shape index (κ2) is 23.6. The molecule has 2 atom stereocenters. The number of nitrogens with one attached hydrogen (secondary N) is 3. The lowest BCUT2D eigenvalue weighted by Gasteiger charge is -2.35. The number of benzene rings is 2. The Morgan fingerprint density at radius 1 is 0.548 bits per heavy atom. The molecular weight excluding hydrogens is 939 g/mol. The summed E-state index contributed by atoms with van der Waals surface area (Å²) in [5.41, 5.74) is 19.3. The quantitative estimate of drug-likeness (QED) is 0.110. The fourth-order valence-electron chi connectivity index (χ4n) is 9.73. The molecule has 1 aliphatic carbocycles. The van der Waals surface area contributed by atoms with Gasteiger partial charge in [-0.05, 0) is 113 Å². The highest BCUT2D eigenvalue weighted by Gasteiger charge is 2.35. The molecule has 5 amide bonds. The summed E-state index contributed by atoms with van der Waals surface area (Å²) < 4.78 is 10.6. The van der Waals surface area contributed by atoms with Gasteiger partial charge >= 0.3 is 0 Å². The third kappa shape index (κ3) is 13.1. The van der Waals surface area contributed by atoms with Gasteiger partial charge < -0.3 is 67.1 Å². The SMILES string of the molecule is NC(=O)c1nnc(N2CCC[C@@H](N)C2)nc1Nc1ccc(C(=O)N2CCOCC2)cc1.NC(=O)c1nnc(N2CCC[C@@H](NC(=O)C3CCN(C4CC4)CC3)C2)nc1Nc1ccc(C(=O)N2CCOCC2)cc1. The molecule has 5 saturated heterocycles. The van der Waals surface area contributed by atoms with E-state index in [4.69, 9.17) is 26.7 Å². The Kier molecular flexibility index (Phi) is 16.4. The van der Waals surface area contributed by atoms with Crippen molar-refractivity contribution in [1.82, 2.24) is 50.4 Å². The van der Waals surface area contributed by atoms with Crippen molar-refractivity contribution in [2.75, 3.05) is 112 Å². The van der Waals surface area contributed by atoms with Crippen molar-refractivity contribution in [3.05, 3.63) is 71.0 Å². The normalized spacial score (nSPS) is 20.8. The number of nitrogens with two attached hydrogens (primary N) is 3. The molecule has 24 nitrogen and oxygen atoms in total. The van der Waals surface area contributed by atoms with Crippen LogP contribution in [0.3, 0.4) is 0 Å². The van der Waals surface area contributed by atoms with Crippen LogP contribution in [0.5, 0.6) is 0 Å². The maximum absolute atomic E-state index is 13.1. The van der Waals surface area contributed by atoms with Gasteiger partial charge in [0.25, 0.3) is 23.6 Å². The first-order chi connectivity index (χ1) is 35.4. The first-order valence-electron chi connectivity index (χ1n) is 25.3. The molecule has 0 radical (unpaired) electrons. The highest BCUT2D eigenvalue weighted by Crippen LogP contribution is 2.31. The average Bonchev–Trinajstić information content (AvgIpc) is 4.28. The van der Waals surface area contributed by atoms with E-state index in [0.717, 1.165) is 64.2 Å². The minimum absolute atomic E-state index is 0.0138. The van der Waals surface area contributed by atoms with Crippen LogP contribution in [0.25, 0.3) is 0 Å². The molecule has 4 aromatic rings. The van der Waals surface area contributed by atoms with Gasteiger partial charge in [0.2, 0.25) is 17.8 Å². The highest BCUT2D eigenvalue weighted by atomic mass is 16.5. The monoisotopic (exact) mass is 1000 g/mol. The molecule has 5 aliphatic heterocycles. The number of ether oxygens (including phenoxy) is 2. The predicted octanol–water partition coefficient (Wildman–Crippen LogP) is 1.26. The molecule has 6 fully saturated rings. The summed E-state index contributed by atoms with van der Waals surface area (Å²) in [5.74, 6) is -0.224. The van der Waals surface area contributed by atoms with Crippen LogP contribution in [0.2, 0.25) is 0 Å². The third-order valence-corrected chi connectivity index (χ3v) is 14.0. The van der Waals surface area contributed by atoms with Crippen molar-refractivity contribution in [2.45, 2.75) is 69.5 Å². The summed E-state index contributed by atoms with van der Waals surface area (Å²) in [7, 11) is 0. The van der Waals surface area contributed by atoms with Crippen molar-refractivity contribution in [1.29, 1.82) is 0 Å². The van der Waals surface area contributed by atoms with Gasteiger partial charge in [0.15, 0.2) is 23.0 Å². The number of morpholine rings is 2. The van der Waals surface area contributed by atoms with Crippen LogP contribution in [0.1, 0.15) is 93.1 Å². The maximum Gasteiger partial charge on any atom is 0.273 e. The Morgan fingerprint density at radius 3 is 1.47 bits per heavy atom. The van der Waals surface area contributed by atoms with E-state index in [1.807, 2.05) is 9.80 Å². The molecule has 1 saturated carbocycles. The van der Waals surface area contributed by atoms with E-state index in [2.05, 4.69) is 51.2 Å². The molecule has 6 aliphatic rings. The Balaban J connectivity index is 0.000000188. The van der Waals surface area contributed by atoms with Crippen LogP contribution >= 0.6 is 0 Å². The van der Waals surface area contributed by atoms with Crippen LogP contribution in [-0.4, -0.2) is 185 Å². The van der Waals surface area contributed by atoms with Crippen molar-refractivity contribution in [3.63, 3.8) is 0 Å². The van der Waals surface area contributed by atoms with E-state index < -0.39 is 11.8 Å².